The molecule has 4 nitrogen and oxygen atoms in total. The molecule has 0 amide bonds. The van der Waals surface area contributed by atoms with Gasteiger partial charge in [-0.3, -0.25) is 14.0 Å². The van der Waals surface area contributed by atoms with Gasteiger partial charge in [0.15, 0.2) is 11.2 Å². The van der Waals surface area contributed by atoms with Crippen LogP contribution in [0.15, 0.2) is 23.3 Å². The van der Waals surface area contributed by atoms with Crippen LogP contribution in [0.3, 0.4) is 0 Å². The molecular weight excluding hydrogens is 176 g/mol. The summed E-state index contributed by atoms with van der Waals surface area (Å²) >= 11 is 1.20. The van der Waals surface area contributed by atoms with Crippen molar-refractivity contribution in [1.29, 1.82) is 0 Å². The third-order valence-electron chi connectivity index (χ3n) is 1.43. The largest absolute Gasteiger partial charge is 0.297 e. The summed E-state index contributed by atoms with van der Waals surface area (Å²) in [6.07, 6.45) is 3.63. The van der Waals surface area contributed by atoms with Gasteiger partial charge in [0.1, 0.15) is 0 Å². The van der Waals surface area contributed by atoms with E-state index in [4.69, 9.17) is 0 Å². The standard InChI is InChI=1S/C7H4N2O2S/c10-4-5-3-9-6(11)1-2-8-7(9)12-5/h1-4H. The first kappa shape index (κ1) is 7.17. The highest BCUT2D eigenvalue weighted by molar-refractivity contribution is 7.18. The van der Waals surface area contributed by atoms with E-state index >= 15 is 0 Å². The molecule has 0 aromatic carbocycles. The molecule has 2 aromatic heterocycles. The van der Waals surface area contributed by atoms with E-state index < -0.39 is 0 Å². The zero-order valence-electron chi connectivity index (χ0n) is 5.93. The number of fused-ring (bicyclic) bond motifs is 1. The van der Waals surface area contributed by atoms with Crippen LogP contribution < -0.4 is 5.56 Å². The summed E-state index contributed by atoms with van der Waals surface area (Å²) in [5, 5.41) is 0. The molecular formula is C7H4N2O2S. The zero-order valence-corrected chi connectivity index (χ0v) is 6.75. The number of hydrogen-bond donors (Lipinski definition) is 0. The first-order valence-electron chi connectivity index (χ1n) is 3.23. The minimum absolute atomic E-state index is 0.163. The molecule has 2 rings (SSSR count). The van der Waals surface area contributed by atoms with Gasteiger partial charge in [-0.2, -0.15) is 0 Å². The van der Waals surface area contributed by atoms with Crippen molar-refractivity contribution in [3.05, 3.63) is 33.7 Å². The first-order chi connectivity index (χ1) is 5.81. The minimum Gasteiger partial charge on any atom is -0.297 e. The molecule has 0 atom stereocenters. The Labute approximate surface area is 71.1 Å². The third-order valence-corrected chi connectivity index (χ3v) is 2.35. The van der Waals surface area contributed by atoms with Gasteiger partial charge in [0.25, 0.3) is 5.56 Å². The topological polar surface area (TPSA) is 51.4 Å². The van der Waals surface area contributed by atoms with E-state index in [9.17, 15) is 9.59 Å². The van der Waals surface area contributed by atoms with Crippen LogP contribution in [0.5, 0.6) is 0 Å². The fraction of sp³-hybridized carbons (Fsp3) is 0. The number of aromatic nitrogens is 2. The predicted molar refractivity (Wildman–Crippen MR) is 44.7 cm³/mol. The predicted octanol–water partition coefficient (Wildman–Crippen LogP) is 0.569. The Morgan fingerprint density at radius 2 is 2.42 bits per heavy atom. The Balaban J connectivity index is 2.92. The molecule has 0 saturated carbocycles. The van der Waals surface area contributed by atoms with E-state index in [0.717, 1.165) is 0 Å². The van der Waals surface area contributed by atoms with Crippen molar-refractivity contribution >= 4 is 22.6 Å². The summed E-state index contributed by atoms with van der Waals surface area (Å²) in [5.74, 6) is 0. The molecule has 0 aliphatic heterocycles. The Bertz CT molecular complexity index is 485. The molecule has 0 bridgehead atoms. The molecule has 12 heavy (non-hydrogen) atoms. The van der Waals surface area contributed by atoms with Gasteiger partial charge < -0.3 is 0 Å². The molecule has 2 aromatic rings. The van der Waals surface area contributed by atoms with Gasteiger partial charge in [-0.05, 0) is 0 Å². The van der Waals surface area contributed by atoms with Gasteiger partial charge in [0, 0.05) is 18.5 Å². The number of thiazole rings is 1. The molecule has 5 heteroatoms. The minimum atomic E-state index is -0.163. The van der Waals surface area contributed by atoms with Gasteiger partial charge >= 0.3 is 0 Å². The number of aldehydes is 1. The van der Waals surface area contributed by atoms with E-state index in [-0.39, 0.29) is 5.56 Å². The summed E-state index contributed by atoms with van der Waals surface area (Å²) in [6, 6.07) is 1.36. The lowest BCUT2D eigenvalue weighted by molar-refractivity contribution is 0.112. The lowest BCUT2D eigenvalue weighted by Crippen LogP contribution is -2.09. The van der Waals surface area contributed by atoms with E-state index in [1.165, 1.54) is 34.2 Å². The highest BCUT2D eigenvalue weighted by Gasteiger charge is 2.01. The quantitative estimate of drug-likeness (QED) is 0.603. The van der Waals surface area contributed by atoms with Crippen LogP contribution in [0.25, 0.3) is 4.96 Å². The lowest BCUT2D eigenvalue weighted by Gasteiger charge is -1.85. The average Bonchev–Trinajstić information content (AvgIpc) is 2.49. The van der Waals surface area contributed by atoms with Crippen molar-refractivity contribution in [3.63, 3.8) is 0 Å². The molecule has 0 spiro atoms. The van der Waals surface area contributed by atoms with Crippen LogP contribution in [0.1, 0.15) is 9.67 Å². The summed E-state index contributed by atoms with van der Waals surface area (Å²) in [4.78, 5) is 26.5. The third kappa shape index (κ3) is 0.947. The summed E-state index contributed by atoms with van der Waals surface area (Å²) in [7, 11) is 0. The van der Waals surface area contributed by atoms with Gasteiger partial charge in [0.05, 0.1) is 4.88 Å². The van der Waals surface area contributed by atoms with Crippen molar-refractivity contribution in [1.82, 2.24) is 9.38 Å². The SMILES string of the molecule is O=Cc1cn2c(=O)ccnc2s1. The van der Waals surface area contributed by atoms with Crippen LogP contribution in [-0.4, -0.2) is 15.7 Å². The lowest BCUT2D eigenvalue weighted by atomic mass is 10.6. The Morgan fingerprint density at radius 1 is 1.58 bits per heavy atom. The van der Waals surface area contributed by atoms with E-state index in [1.54, 1.807) is 0 Å². The molecule has 0 saturated heterocycles. The van der Waals surface area contributed by atoms with E-state index in [1.807, 2.05) is 0 Å². The van der Waals surface area contributed by atoms with E-state index in [0.29, 0.717) is 16.1 Å². The van der Waals surface area contributed by atoms with Crippen LogP contribution in [0.4, 0.5) is 0 Å². The zero-order chi connectivity index (χ0) is 8.55. The molecule has 0 fully saturated rings. The second-order valence-electron chi connectivity index (χ2n) is 2.19. The number of hydrogen-bond acceptors (Lipinski definition) is 4. The summed E-state index contributed by atoms with van der Waals surface area (Å²) in [5.41, 5.74) is -0.163. The molecule has 60 valence electrons. The second kappa shape index (κ2) is 2.53. The van der Waals surface area contributed by atoms with E-state index in [2.05, 4.69) is 4.98 Å². The number of rotatable bonds is 1. The van der Waals surface area contributed by atoms with Gasteiger partial charge in [-0.1, -0.05) is 11.3 Å². The molecule has 0 radical (unpaired) electrons. The van der Waals surface area contributed by atoms with Crippen molar-refractivity contribution in [2.75, 3.05) is 0 Å². The van der Waals surface area contributed by atoms with Crippen molar-refractivity contribution < 1.29 is 4.79 Å². The highest BCUT2D eigenvalue weighted by Crippen LogP contribution is 2.10. The molecule has 0 aliphatic rings. The second-order valence-corrected chi connectivity index (χ2v) is 3.23. The molecule has 2 heterocycles. The van der Waals surface area contributed by atoms with Gasteiger partial charge in [0.2, 0.25) is 0 Å². The van der Waals surface area contributed by atoms with Gasteiger partial charge in [-0.15, -0.1) is 0 Å². The number of nitrogens with zero attached hydrogens (tertiary/aromatic N) is 2. The molecule has 0 unspecified atom stereocenters. The van der Waals surface area contributed by atoms with Crippen LogP contribution >= 0.6 is 11.3 Å². The average molecular weight is 180 g/mol. The number of carbonyl (C=O) groups excluding carboxylic acids is 1. The van der Waals surface area contributed by atoms with Crippen LogP contribution in [-0.2, 0) is 0 Å². The monoisotopic (exact) mass is 180 g/mol. The maximum atomic E-state index is 11.1. The smallest absolute Gasteiger partial charge is 0.258 e. The van der Waals surface area contributed by atoms with Crippen molar-refractivity contribution in [3.8, 4) is 0 Å². The Hall–Kier alpha value is -1.49. The van der Waals surface area contributed by atoms with Crippen LogP contribution in [0, 0.1) is 0 Å². The number of carbonyl (C=O) groups is 1. The molecule has 0 N–H and O–H groups in total. The van der Waals surface area contributed by atoms with Crippen molar-refractivity contribution in [2.45, 2.75) is 0 Å². The van der Waals surface area contributed by atoms with Gasteiger partial charge in [-0.25, -0.2) is 4.98 Å². The van der Waals surface area contributed by atoms with Crippen molar-refractivity contribution in [2.24, 2.45) is 0 Å². The Kier molecular flexibility index (Phi) is 1.51. The molecule has 0 aliphatic carbocycles. The fourth-order valence-corrected chi connectivity index (χ4v) is 1.68. The summed E-state index contributed by atoms with van der Waals surface area (Å²) < 4.78 is 1.36. The Morgan fingerprint density at radius 3 is 3.08 bits per heavy atom. The fourth-order valence-electron chi connectivity index (χ4n) is 0.909. The normalized spacial score (nSPS) is 10.3. The van der Waals surface area contributed by atoms with Crippen LogP contribution in [0.2, 0.25) is 0 Å². The maximum Gasteiger partial charge on any atom is 0.258 e. The first-order valence-corrected chi connectivity index (χ1v) is 4.05. The summed E-state index contributed by atoms with van der Waals surface area (Å²) in [6.45, 7) is 0. The maximum absolute atomic E-state index is 11.1. The highest BCUT2D eigenvalue weighted by atomic mass is 32.1.